The molecular weight excluding hydrogens is 218 g/mol. The molecule has 1 aromatic rings. The minimum absolute atomic E-state index is 0.140. The fraction of sp³-hybridized carbons (Fsp3) is 0.125. The second-order valence-corrected chi connectivity index (χ2v) is 4.35. The zero-order valence-electron chi connectivity index (χ0n) is 7.84. The van der Waals surface area contributed by atoms with Crippen molar-refractivity contribution >= 4 is 21.6 Å². The van der Waals surface area contributed by atoms with Crippen LogP contribution in [0.3, 0.4) is 0 Å². The highest BCUT2D eigenvalue weighted by Crippen LogP contribution is 2.15. The standard InChI is InChI=1S/C8H7N3O3S/c1-6(12)10-7-2-4-8(5-3-7)15(13,14)11-9/h2-5H,1H3/p+1. The Labute approximate surface area is 86.6 Å². The number of hydrogen-bond donors (Lipinski definition) is 1. The second kappa shape index (κ2) is 4.06. The summed E-state index contributed by atoms with van der Waals surface area (Å²) in [7, 11) is -3.98. The van der Waals surface area contributed by atoms with Gasteiger partial charge >= 0.3 is 10.0 Å². The first-order chi connectivity index (χ1) is 6.95. The molecule has 1 aromatic carbocycles. The highest BCUT2D eigenvalue weighted by molar-refractivity contribution is 7.93. The molecule has 0 aliphatic heterocycles. The van der Waals surface area contributed by atoms with E-state index in [0.717, 1.165) is 0 Å². The summed E-state index contributed by atoms with van der Waals surface area (Å²) in [5.74, 6) is -0.252. The van der Waals surface area contributed by atoms with Gasteiger partial charge in [-0.25, -0.2) is 0 Å². The molecule has 0 heterocycles. The maximum atomic E-state index is 11.0. The van der Waals surface area contributed by atoms with Gasteiger partial charge in [-0.05, 0) is 24.3 Å². The van der Waals surface area contributed by atoms with Crippen LogP contribution in [-0.4, -0.2) is 14.3 Å². The smallest absolute Gasteiger partial charge is 0.326 e. The van der Waals surface area contributed by atoms with Crippen LogP contribution in [0, 0.1) is 5.39 Å². The topological polar surface area (TPSA) is 91.4 Å². The monoisotopic (exact) mass is 226 g/mol. The number of rotatable bonds is 2. The Morgan fingerprint density at radius 1 is 1.33 bits per heavy atom. The number of nitrogens with zero attached hydrogens (tertiary/aromatic N) is 2. The summed E-state index contributed by atoms with van der Waals surface area (Å²) >= 11 is 0. The molecule has 15 heavy (non-hydrogen) atoms. The first-order valence-corrected chi connectivity index (χ1v) is 5.39. The van der Waals surface area contributed by atoms with Crippen molar-refractivity contribution in [3.63, 3.8) is 0 Å². The average molecular weight is 226 g/mol. The Bertz CT molecular complexity index is 513. The fourth-order valence-corrected chi connectivity index (χ4v) is 1.53. The normalized spacial score (nSPS) is 10.4. The second-order valence-electron chi connectivity index (χ2n) is 2.76. The molecule has 0 fully saturated rings. The molecule has 0 saturated carbocycles. The van der Waals surface area contributed by atoms with Crippen molar-refractivity contribution in [3.8, 4) is 0 Å². The minimum Gasteiger partial charge on any atom is -0.326 e. The number of hydrogen-bond acceptors (Lipinski definition) is 4. The lowest BCUT2D eigenvalue weighted by Crippen LogP contribution is -2.05. The molecule has 7 heteroatoms. The Balaban J connectivity index is 3.02. The van der Waals surface area contributed by atoms with Gasteiger partial charge in [0.1, 0.15) is 0 Å². The first-order valence-electron chi connectivity index (χ1n) is 3.95. The minimum atomic E-state index is -3.98. The third kappa shape index (κ3) is 2.75. The lowest BCUT2D eigenvalue weighted by atomic mass is 10.3. The SMILES string of the molecule is CC(=O)Nc1ccc(S(=O)(=O)[N+]#N)cc1. The van der Waals surface area contributed by atoms with Gasteiger partial charge < -0.3 is 5.32 Å². The molecule has 0 aromatic heterocycles. The highest BCUT2D eigenvalue weighted by Gasteiger charge is 2.26. The molecule has 0 aliphatic rings. The van der Waals surface area contributed by atoms with Gasteiger partial charge in [-0.1, -0.05) is 0 Å². The zero-order chi connectivity index (χ0) is 11.5. The third-order valence-electron chi connectivity index (χ3n) is 1.58. The molecule has 0 unspecified atom stereocenters. The Hall–Kier alpha value is -1.94. The summed E-state index contributed by atoms with van der Waals surface area (Å²) in [5, 5.41) is 10.7. The van der Waals surface area contributed by atoms with Crippen LogP contribution in [0.5, 0.6) is 0 Å². The zero-order valence-corrected chi connectivity index (χ0v) is 8.65. The van der Waals surface area contributed by atoms with E-state index in [9.17, 15) is 13.2 Å². The molecule has 1 rings (SSSR count). The van der Waals surface area contributed by atoms with Crippen LogP contribution in [0.2, 0.25) is 0 Å². The van der Waals surface area contributed by atoms with E-state index >= 15 is 0 Å². The number of diazo groups is 1. The van der Waals surface area contributed by atoms with Crippen LogP contribution >= 0.6 is 0 Å². The van der Waals surface area contributed by atoms with Crippen molar-refractivity contribution in [2.75, 3.05) is 5.32 Å². The molecule has 78 valence electrons. The predicted molar refractivity (Wildman–Crippen MR) is 53.0 cm³/mol. The number of anilines is 1. The lowest BCUT2D eigenvalue weighted by Gasteiger charge is -1.99. The van der Waals surface area contributed by atoms with E-state index < -0.39 is 10.0 Å². The summed E-state index contributed by atoms with van der Waals surface area (Å²) in [6, 6.07) is 5.28. The Morgan fingerprint density at radius 3 is 2.27 bits per heavy atom. The van der Waals surface area contributed by atoms with Gasteiger partial charge in [-0.2, -0.15) is 0 Å². The van der Waals surface area contributed by atoms with Gasteiger partial charge in [0.25, 0.3) is 4.38 Å². The van der Waals surface area contributed by atoms with E-state index in [-0.39, 0.29) is 10.8 Å². The predicted octanol–water partition coefficient (Wildman–Crippen LogP) is 1.19. The number of sulfonamides is 1. The molecule has 0 aliphatic carbocycles. The molecular formula is C8H8N3O3S+. The number of amides is 1. The summed E-state index contributed by atoms with van der Waals surface area (Å²) in [6.45, 7) is 1.34. The summed E-state index contributed by atoms with van der Waals surface area (Å²) in [5.41, 5.74) is 0.472. The largest absolute Gasteiger partial charge is 0.552 e. The number of nitrogens with one attached hydrogen (secondary N) is 1. The van der Waals surface area contributed by atoms with Crippen LogP contribution in [0.4, 0.5) is 5.69 Å². The summed E-state index contributed by atoms with van der Waals surface area (Å²) in [4.78, 5) is 10.5. The third-order valence-corrected chi connectivity index (χ3v) is 2.66. The number of carbonyl (C=O) groups excluding carboxylic acids is 1. The van der Waals surface area contributed by atoms with Crippen LogP contribution in [-0.2, 0) is 14.8 Å². The van der Waals surface area contributed by atoms with Gasteiger partial charge in [0.05, 0.1) is 0 Å². The van der Waals surface area contributed by atoms with Gasteiger partial charge in [-0.3, -0.25) is 4.79 Å². The Morgan fingerprint density at radius 2 is 1.87 bits per heavy atom. The number of carbonyl (C=O) groups is 1. The van der Waals surface area contributed by atoms with Gasteiger partial charge in [0, 0.05) is 12.6 Å². The maximum Gasteiger partial charge on any atom is 0.552 e. The first kappa shape index (κ1) is 11.1. The van der Waals surface area contributed by atoms with E-state index in [1.807, 2.05) is 0 Å². The molecule has 0 bridgehead atoms. The summed E-state index contributed by atoms with van der Waals surface area (Å²) in [6.07, 6.45) is 0. The van der Waals surface area contributed by atoms with Crippen molar-refractivity contribution in [3.05, 3.63) is 28.6 Å². The van der Waals surface area contributed by atoms with Crippen LogP contribution in [0.15, 0.2) is 29.2 Å². The van der Waals surface area contributed by atoms with Crippen molar-refractivity contribution < 1.29 is 13.2 Å². The molecule has 0 saturated heterocycles. The van der Waals surface area contributed by atoms with Crippen LogP contribution < -0.4 is 5.32 Å². The van der Waals surface area contributed by atoms with E-state index in [4.69, 9.17) is 5.39 Å². The maximum absolute atomic E-state index is 11.0. The van der Waals surface area contributed by atoms with E-state index in [2.05, 4.69) is 9.70 Å². The van der Waals surface area contributed by atoms with E-state index in [1.165, 1.54) is 31.2 Å². The fourth-order valence-electron chi connectivity index (χ4n) is 0.961. The number of benzene rings is 1. The molecule has 6 nitrogen and oxygen atoms in total. The van der Waals surface area contributed by atoms with Crippen molar-refractivity contribution in [1.82, 2.24) is 0 Å². The van der Waals surface area contributed by atoms with E-state index in [0.29, 0.717) is 5.69 Å². The average Bonchev–Trinajstić information content (AvgIpc) is 2.18. The van der Waals surface area contributed by atoms with Gasteiger partial charge in [0.2, 0.25) is 11.3 Å². The van der Waals surface area contributed by atoms with Crippen LogP contribution in [0.1, 0.15) is 6.92 Å². The highest BCUT2D eigenvalue weighted by atomic mass is 32.2. The van der Waals surface area contributed by atoms with E-state index in [1.54, 1.807) is 0 Å². The molecule has 0 radical (unpaired) electrons. The lowest BCUT2D eigenvalue weighted by molar-refractivity contribution is -0.114. The Kier molecular flexibility index (Phi) is 3.01. The van der Waals surface area contributed by atoms with Crippen molar-refractivity contribution in [2.24, 2.45) is 0 Å². The molecule has 0 spiro atoms. The van der Waals surface area contributed by atoms with Crippen molar-refractivity contribution in [2.45, 2.75) is 11.8 Å². The quantitative estimate of drug-likeness (QED) is 0.766. The summed E-state index contributed by atoms with van der Waals surface area (Å²) < 4.78 is 24.3. The van der Waals surface area contributed by atoms with Crippen molar-refractivity contribution in [1.29, 1.82) is 5.39 Å². The van der Waals surface area contributed by atoms with Gasteiger partial charge in [0.15, 0.2) is 4.90 Å². The van der Waals surface area contributed by atoms with Crippen LogP contribution in [0.25, 0.3) is 4.38 Å². The molecule has 1 N–H and O–H groups in total. The van der Waals surface area contributed by atoms with Gasteiger partial charge in [-0.15, -0.1) is 8.42 Å². The molecule has 0 atom stereocenters. The molecule has 1 amide bonds.